The highest BCUT2D eigenvalue weighted by Gasteiger charge is 2.45. The predicted molar refractivity (Wildman–Crippen MR) is 104 cm³/mol. The molecule has 31 heavy (non-hydrogen) atoms. The molecule has 0 aliphatic carbocycles. The first-order chi connectivity index (χ1) is 14.7. The lowest BCUT2D eigenvalue weighted by Gasteiger charge is -2.39. The van der Waals surface area contributed by atoms with Crippen LogP contribution >= 0.6 is 0 Å². The minimum Gasteiger partial charge on any atom is -0.508 e. The van der Waals surface area contributed by atoms with E-state index in [-0.39, 0.29) is 39.2 Å². The van der Waals surface area contributed by atoms with Crippen LogP contribution in [0.4, 0.5) is 0 Å². The van der Waals surface area contributed by atoms with Crippen molar-refractivity contribution in [3.05, 3.63) is 34.5 Å². The summed E-state index contributed by atoms with van der Waals surface area (Å²) in [7, 11) is 1.33. The number of fused-ring (bicyclic) bond motifs is 2. The van der Waals surface area contributed by atoms with Crippen LogP contribution < -0.4 is 14.9 Å². The Kier molecular flexibility index (Phi) is 5.37. The summed E-state index contributed by atoms with van der Waals surface area (Å²) in [5, 5.41) is 59.4. The zero-order chi connectivity index (χ0) is 22.4. The highest BCUT2D eigenvalue weighted by molar-refractivity contribution is 5.95. The normalized spacial score (nSPS) is 26.3. The monoisotopic (exact) mass is 436 g/mol. The van der Waals surface area contributed by atoms with E-state index in [4.69, 9.17) is 18.6 Å². The molecule has 0 saturated carbocycles. The summed E-state index contributed by atoms with van der Waals surface area (Å²) in [4.78, 5) is 12.9. The van der Waals surface area contributed by atoms with Crippen molar-refractivity contribution in [3.63, 3.8) is 0 Å². The van der Waals surface area contributed by atoms with Crippen LogP contribution in [-0.2, 0) is 4.74 Å². The second kappa shape index (κ2) is 7.87. The number of rotatable bonds is 4. The van der Waals surface area contributed by atoms with Crippen LogP contribution in [0, 0.1) is 0 Å². The van der Waals surface area contributed by atoms with Gasteiger partial charge in [-0.2, -0.15) is 0 Å². The second-order valence-electron chi connectivity index (χ2n) is 7.08. The van der Waals surface area contributed by atoms with Gasteiger partial charge in [0.1, 0.15) is 52.5 Å². The Bertz CT molecular complexity index is 1190. The third kappa shape index (κ3) is 3.52. The average Bonchev–Trinajstić information content (AvgIpc) is 2.74. The van der Waals surface area contributed by atoms with Crippen molar-refractivity contribution in [2.24, 2.45) is 0 Å². The first kappa shape index (κ1) is 21.2. The van der Waals surface area contributed by atoms with Crippen LogP contribution in [-0.4, -0.2) is 75.1 Å². The SMILES string of the molecule is COc1cc(O)cc2oc3cc(O[C@@H]4O[C@H](CO)[C@@H](O)[C@H](O)[C@H]4O)c(O)cc3c(=O)c12. The zero-order valence-corrected chi connectivity index (χ0v) is 16.1. The molecule has 4 rings (SSSR count). The summed E-state index contributed by atoms with van der Waals surface area (Å²) in [5.41, 5.74) is -0.510. The Hall–Kier alpha value is -3.09. The molecule has 0 unspecified atom stereocenters. The topological polar surface area (TPSA) is 179 Å². The van der Waals surface area contributed by atoms with Crippen molar-refractivity contribution in [3.8, 4) is 23.0 Å². The molecular formula is C20H20O11. The molecule has 11 heteroatoms. The molecule has 0 spiro atoms. The van der Waals surface area contributed by atoms with Crippen molar-refractivity contribution in [2.75, 3.05) is 13.7 Å². The Morgan fingerprint density at radius 1 is 0.968 bits per heavy atom. The fraction of sp³-hybridized carbons (Fsp3) is 0.350. The Balaban J connectivity index is 1.79. The van der Waals surface area contributed by atoms with Crippen molar-refractivity contribution in [2.45, 2.75) is 30.7 Å². The molecule has 1 aliphatic heterocycles. The van der Waals surface area contributed by atoms with Gasteiger partial charge >= 0.3 is 0 Å². The second-order valence-corrected chi connectivity index (χ2v) is 7.08. The summed E-state index contributed by atoms with van der Waals surface area (Å²) < 4.78 is 21.5. The van der Waals surface area contributed by atoms with Gasteiger partial charge in [0.15, 0.2) is 11.5 Å². The van der Waals surface area contributed by atoms with Crippen molar-refractivity contribution in [1.29, 1.82) is 0 Å². The van der Waals surface area contributed by atoms with Gasteiger partial charge in [-0.05, 0) is 6.07 Å². The van der Waals surface area contributed by atoms with Crippen LogP contribution in [0.1, 0.15) is 0 Å². The lowest BCUT2D eigenvalue weighted by atomic mass is 9.99. The fourth-order valence-electron chi connectivity index (χ4n) is 3.49. The molecular weight excluding hydrogens is 416 g/mol. The first-order valence-electron chi connectivity index (χ1n) is 9.22. The molecule has 5 atom stereocenters. The average molecular weight is 436 g/mol. The third-order valence-corrected chi connectivity index (χ3v) is 5.11. The molecule has 1 fully saturated rings. The van der Waals surface area contributed by atoms with Gasteiger partial charge in [-0.25, -0.2) is 0 Å². The number of aromatic hydroxyl groups is 2. The molecule has 0 amide bonds. The van der Waals surface area contributed by atoms with E-state index in [9.17, 15) is 35.4 Å². The number of methoxy groups -OCH3 is 1. The quantitative estimate of drug-likeness (QED) is 0.292. The molecule has 6 N–H and O–H groups in total. The van der Waals surface area contributed by atoms with Gasteiger partial charge in [0.25, 0.3) is 0 Å². The van der Waals surface area contributed by atoms with Crippen LogP contribution in [0.3, 0.4) is 0 Å². The first-order valence-corrected chi connectivity index (χ1v) is 9.22. The summed E-state index contributed by atoms with van der Waals surface area (Å²) >= 11 is 0. The van der Waals surface area contributed by atoms with E-state index in [1.54, 1.807) is 0 Å². The van der Waals surface area contributed by atoms with E-state index >= 15 is 0 Å². The standard InChI is InChI=1S/C20H20O11/c1-28-12-2-7(22)3-13-15(12)16(24)8-4-9(23)11(5-10(8)29-13)30-20-19(27)18(26)17(25)14(6-21)31-20/h2-5,14,17-23,25-27H,6H2,1H3/t14-,17-,18+,19-,20-/m1/s1. The van der Waals surface area contributed by atoms with E-state index in [0.29, 0.717) is 0 Å². The Labute approximate surface area is 173 Å². The van der Waals surface area contributed by atoms with Crippen LogP contribution in [0.2, 0.25) is 0 Å². The maximum atomic E-state index is 12.9. The zero-order valence-electron chi connectivity index (χ0n) is 16.1. The molecule has 1 saturated heterocycles. The third-order valence-electron chi connectivity index (χ3n) is 5.11. The molecule has 166 valence electrons. The highest BCUT2D eigenvalue weighted by atomic mass is 16.7. The largest absolute Gasteiger partial charge is 0.508 e. The molecule has 0 radical (unpaired) electrons. The lowest BCUT2D eigenvalue weighted by molar-refractivity contribution is -0.277. The number of aliphatic hydroxyl groups is 4. The van der Waals surface area contributed by atoms with Gasteiger partial charge in [-0.1, -0.05) is 0 Å². The van der Waals surface area contributed by atoms with E-state index in [1.165, 1.54) is 25.3 Å². The van der Waals surface area contributed by atoms with Gasteiger partial charge in [0.05, 0.1) is 19.1 Å². The van der Waals surface area contributed by atoms with Crippen LogP contribution in [0.15, 0.2) is 33.5 Å². The Morgan fingerprint density at radius 3 is 2.39 bits per heavy atom. The van der Waals surface area contributed by atoms with Crippen molar-refractivity contribution >= 4 is 21.9 Å². The van der Waals surface area contributed by atoms with Crippen molar-refractivity contribution < 1.29 is 49.3 Å². The lowest BCUT2D eigenvalue weighted by Crippen LogP contribution is -2.60. The molecule has 2 heterocycles. The van der Waals surface area contributed by atoms with E-state index in [0.717, 1.165) is 6.07 Å². The summed E-state index contributed by atoms with van der Waals surface area (Å²) in [6, 6.07) is 4.74. The van der Waals surface area contributed by atoms with Gasteiger partial charge in [-0.15, -0.1) is 0 Å². The molecule has 1 aliphatic rings. The Morgan fingerprint density at radius 2 is 1.71 bits per heavy atom. The minimum absolute atomic E-state index is 0.00450. The number of phenolic OH excluding ortho intramolecular Hbond substituents is 2. The summed E-state index contributed by atoms with van der Waals surface area (Å²) in [6.45, 7) is -0.652. The number of hydrogen-bond donors (Lipinski definition) is 6. The molecule has 2 aromatic carbocycles. The number of aliphatic hydroxyl groups excluding tert-OH is 4. The highest BCUT2D eigenvalue weighted by Crippen LogP contribution is 2.36. The van der Waals surface area contributed by atoms with Crippen LogP contribution in [0.5, 0.6) is 23.0 Å². The molecule has 1 aromatic heterocycles. The number of benzene rings is 2. The number of phenols is 2. The molecule has 0 bridgehead atoms. The molecule has 11 nitrogen and oxygen atoms in total. The summed E-state index contributed by atoms with van der Waals surface area (Å²) in [6.07, 6.45) is -7.69. The van der Waals surface area contributed by atoms with Gasteiger partial charge in [0.2, 0.25) is 11.7 Å². The van der Waals surface area contributed by atoms with E-state index in [1.807, 2.05) is 0 Å². The van der Waals surface area contributed by atoms with E-state index in [2.05, 4.69) is 0 Å². The van der Waals surface area contributed by atoms with Gasteiger partial charge in [0, 0.05) is 18.2 Å². The van der Waals surface area contributed by atoms with Crippen molar-refractivity contribution in [1.82, 2.24) is 0 Å². The van der Waals surface area contributed by atoms with Crippen LogP contribution in [0.25, 0.3) is 21.9 Å². The summed E-state index contributed by atoms with van der Waals surface area (Å²) in [5.74, 6) is -0.851. The van der Waals surface area contributed by atoms with Gasteiger partial charge in [-0.3, -0.25) is 4.79 Å². The minimum atomic E-state index is -1.70. The van der Waals surface area contributed by atoms with E-state index < -0.39 is 48.5 Å². The fourth-order valence-corrected chi connectivity index (χ4v) is 3.49. The maximum Gasteiger partial charge on any atom is 0.229 e. The maximum absolute atomic E-state index is 12.9. The smallest absolute Gasteiger partial charge is 0.229 e. The number of hydrogen-bond acceptors (Lipinski definition) is 11. The molecule has 3 aromatic rings. The predicted octanol–water partition coefficient (Wildman–Crippen LogP) is -0.455. The van der Waals surface area contributed by atoms with Gasteiger partial charge < -0.3 is 49.3 Å². The number of ether oxygens (including phenoxy) is 3.